The second-order valence-corrected chi connectivity index (χ2v) is 4.53. The van der Waals surface area contributed by atoms with Crippen LogP contribution in [0.2, 0.25) is 0 Å². The van der Waals surface area contributed by atoms with E-state index in [0.717, 1.165) is 10.9 Å². The van der Waals surface area contributed by atoms with Crippen molar-refractivity contribution in [2.45, 2.75) is 0 Å². The highest BCUT2D eigenvalue weighted by molar-refractivity contribution is 6.16. The van der Waals surface area contributed by atoms with E-state index in [9.17, 15) is 4.79 Å². The molecular weight excluding hydrogens is 250 g/mol. The number of H-pyrrole nitrogens is 1. The number of fused-ring (bicyclic) bond motifs is 1. The average Bonchev–Trinajstić information content (AvgIpc) is 2.90. The summed E-state index contributed by atoms with van der Waals surface area (Å²) in [6.45, 7) is 0. The van der Waals surface area contributed by atoms with Gasteiger partial charge in [0.15, 0.2) is 5.78 Å². The van der Waals surface area contributed by atoms with Crippen LogP contribution in [0.3, 0.4) is 0 Å². The highest BCUT2D eigenvalue weighted by Crippen LogP contribution is 2.22. The molecule has 0 saturated carbocycles. The van der Waals surface area contributed by atoms with Crippen molar-refractivity contribution in [3.05, 3.63) is 65.4 Å². The van der Waals surface area contributed by atoms with Gasteiger partial charge in [0.2, 0.25) is 0 Å². The van der Waals surface area contributed by atoms with Gasteiger partial charge in [0.1, 0.15) is 0 Å². The zero-order valence-corrected chi connectivity index (χ0v) is 10.6. The molecule has 3 aromatic rings. The fraction of sp³-hybridized carbons (Fsp3) is 0. The minimum atomic E-state index is -0.0686. The Bertz CT molecular complexity index is 838. The van der Waals surface area contributed by atoms with Crippen molar-refractivity contribution in [3.63, 3.8) is 0 Å². The van der Waals surface area contributed by atoms with E-state index in [2.05, 4.69) is 11.1 Å². The highest BCUT2D eigenvalue weighted by Gasteiger charge is 2.14. The Kier molecular flexibility index (Phi) is 2.73. The fourth-order valence-electron chi connectivity index (χ4n) is 2.17. The maximum Gasteiger partial charge on any atom is 0.195 e. The monoisotopic (exact) mass is 261 g/mol. The van der Waals surface area contributed by atoms with Crippen LogP contribution in [-0.2, 0) is 0 Å². The van der Waals surface area contributed by atoms with Crippen molar-refractivity contribution in [2.24, 2.45) is 0 Å². The van der Waals surface area contributed by atoms with Gasteiger partial charge in [-0.05, 0) is 36.4 Å². The lowest BCUT2D eigenvalue weighted by Crippen LogP contribution is -2.00. The molecule has 96 valence electrons. The van der Waals surface area contributed by atoms with E-state index in [1.54, 1.807) is 48.7 Å². The Morgan fingerprint density at radius 3 is 2.60 bits per heavy atom. The standard InChI is InChI=1S/C16H11N3O/c17-8-10-1-6-13-14(9-19-15(13)7-10)16(20)11-2-4-12(18)5-3-11/h1-7,9,19H,18H2. The number of hydrogen-bond acceptors (Lipinski definition) is 3. The fourth-order valence-corrected chi connectivity index (χ4v) is 2.17. The van der Waals surface area contributed by atoms with E-state index >= 15 is 0 Å². The first-order valence-electron chi connectivity index (χ1n) is 6.10. The Hall–Kier alpha value is -3.06. The molecule has 0 aliphatic carbocycles. The zero-order chi connectivity index (χ0) is 14.1. The first-order chi connectivity index (χ1) is 9.69. The van der Waals surface area contributed by atoms with Crippen molar-refractivity contribution in [1.82, 2.24) is 4.98 Å². The molecular formula is C16H11N3O. The number of nitrogens with zero attached hydrogens (tertiary/aromatic N) is 1. The first-order valence-corrected chi connectivity index (χ1v) is 6.10. The van der Waals surface area contributed by atoms with Crippen LogP contribution < -0.4 is 5.73 Å². The van der Waals surface area contributed by atoms with Gasteiger partial charge in [0.05, 0.1) is 11.6 Å². The number of hydrogen-bond donors (Lipinski definition) is 2. The van der Waals surface area contributed by atoms with E-state index in [4.69, 9.17) is 11.0 Å². The summed E-state index contributed by atoms with van der Waals surface area (Å²) in [4.78, 5) is 15.5. The number of nitrogen functional groups attached to an aromatic ring is 1. The number of nitrogens with two attached hydrogens (primary N) is 1. The topological polar surface area (TPSA) is 82.7 Å². The molecule has 3 N–H and O–H groups in total. The summed E-state index contributed by atoms with van der Waals surface area (Å²) in [5.41, 5.74) is 8.76. The number of carbonyl (C=O) groups is 1. The number of aromatic nitrogens is 1. The maximum absolute atomic E-state index is 12.5. The number of nitriles is 1. The second-order valence-electron chi connectivity index (χ2n) is 4.53. The summed E-state index contributed by atoms with van der Waals surface area (Å²) < 4.78 is 0. The van der Waals surface area contributed by atoms with Crippen molar-refractivity contribution in [3.8, 4) is 6.07 Å². The largest absolute Gasteiger partial charge is 0.399 e. The molecule has 0 amide bonds. The molecule has 1 aromatic heterocycles. The number of aromatic amines is 1. The summed E-state index contributed by atoms with van der Waals surface area (Å²) in [6.07, 6.45) is 1.67. The van der Waals surface area contributed by atoms with Crippen LogP contribution in [0.15, 0.2) is 48.7 Å². The van der Waals surface area contributed by atoms with Gasteiger partial charge in [0, 0.05) is 33.9 Å². The third-order valence-corrected chi connectivity index (χ3v) is 3.23. The molecule has 4 heteroatoms. The highest BCUT2D eigenvalue weighted by atomic mass is 16.1. The third kappa shape index (κ3) is 1.91. The molecule has 0 atom stereocenters. The number of carbonyl (C=O) groups excluding carboxylic acids is 1. The van der Waals surface area contributed by atoms with Gasteiger partial charge in [-0.2, -0.15) is 5.26 Å². The molecule has 3 rings (SSSR count). The van der Waals surface area contributed by atoms with Gasteiger partial charge in [-0.15, -0.1) is 0 Å². The molecule has 0 aliphatic heterocycles. The number of benzene rings is 2. The van der Waals surface area contributed by atoms with Crippen LogP contribution in [0.4, 0.5) is 5.69 Å². The van der Waals surface area contributed by atoms with Gasteiger partial charge in [-0.1, -0.05) is 6.07 Å². The SMILES string of the molecule is N#Cc1ccc2c(C(=O)c3ccc(N)cc3)c[nH]c2c1. The second kappa shape index (κ2) is 4.56. The molecule has 1 heterocycles. The molecule has 2 aromatic carbocycles. The van der Waals surface area contributed by atoms with Gasteiger partial charge in [0.25, 0.3) is 0 Å². The molecule has 0 unspecified atom stereocenters. The summed E-state index contributed by atoms with van der Waals surface area (Å²) in [6, 6.07) is 14.1. The average molecular weight is 261 g/mol. The molecule has 0 saturated heterocycles. The number of ketones is 1. The summed E-state index contributed by atoms with van der Waals surface area (Å²) in [7, 11) is 0. The molecule has 0 bridgehead atoms. The van der Waals surface area contributed by atoms with Crippen LogP contribution in [0.25, 0.3) is 10.9 Å². The summed E-state index contributed by atoms with van der Waals surface area (Å²) in [5.74, 6) is -0.0686. The molecule has 20 heavy (non-hydrogen) atoms. The number of rotatable bonds is 2. The third-order valence-electron chi connectivity index (χ3n) is 3.23. The number of nitrogens with one attached hydrogen (secondary N) is 1. The predicted octanol–water partition coefficient (Wildman–Crippen LogP) is 2.85. The number of anilines is 1. The van der Waals surface area contributed by atoms with Crippen LogP contribution >= 0.6 is 0 Å². The molecule has 0 fully saturated rings. The Labute approximate surface area is 115 Å². The van der Waals surface area contributed by atoms with Crippen molar-refractivity contribution in [1.29, 1.82) is 5.26 Å². The van der Waals surface area contributed by atoms with Gasteiger partial charge in [-0.3, -0.25) is 4.79 Å². The molecule has 0 aliphatic rings. The zero-order valence-electron chi connectivity index (χ0n) is 10.6. The van der Waals surface area contributed by atoms with E-state index in [1.807, 2.05) is 0 Å². The normalized spacial score (nSPS) is 10.3. The summed E-state index contributed by atoms with van der Waals surface area (Å²) in [5, 5.41) is 9.69. The quantitative estimate of drug-likeness (QED) is 0.549. The van der Waals surface area contributed by atoms with Crippen LogP contribution in [0, 0.1) is 11.3 Å². The minimum absolute atomic E-state index is 0.0686. The summed E-state index contributed by atoms with van der Waals surface area (Å²) >= 11 is 0. The van der Waals surface area contributed by atoms with Crippen molar-refractivity contribution < 1.29 is 4.79 Å². The minimum Gasteiger partial charge on any atom is -0.399 e. The van der Waals surface area contributed by atoms with Crippen LogP contribution in [0.1, 0.15) is 21.5 Å². The van der Waals surface area contributed by atoms with Crippen molar-refractivity contribution >= 4 is 22.4 Å². The Morgan fingerprint density at radius 2 is 1.90 bits per heavy atom. The predicted molar refractivity (Wildman–Crippen MR) is 77.3 cm³/mol. The van der Waals surface area contributed by atoms with Crippen LogP contribution in [0.5, 0.6) is 0 Å². The lowest BCUT2D eigenvalue weighted by Gasteiger charge is -2.00. The van der Waals surface area contributed by atoms with Gasteiger partial charge in [-0.25, -0.2) is 0 Å². The van der Waals surface area contributed by atoms with Gasteiger partial charge < -0.3 is 10.7 Å². The molecule has 0 radical (unpaired) electrons. The maximum atomic E-state index is 12.5. The van der Waals surface area contributed by atoms with Crippen molar-refractivity contribution in [2.75, 3.05) is 5.73 Å². The van der Waals surface area contributed by atoms with Crippen LogP contribution in [-0.4, -0.2) is 10.8 Å². The Balaban J connectivity index is 2.08. The van der Waals surface area contributed by atoms with Gasteiger partial charge >= 0.3 is 0 Å². The molecule has 4 nitrogen and oxygen atoms in total. The lowest BCUT2D eigenvalue weighted by atomic mass is 10.0. The van der Waals surface area contributed by atoms with E-state index in [-0.39, 0.29) is 5.78 Å². The van der Waals surface area contributed by atoms with E-state index < -0.39 is 0 Å². The smallest absolute Gasteiger partial charge is 0.195 e. The first kappa shape index (κ1) is 12.0. The van der Waals surface area contributed by atoms with E-state index in [0.29, 0.717) is 22.4 Å². The Morgan fingerprint density at radius 1 is 1.15 bits per heavy atom. The van der Waals surface area contributed by atoms with E-state index in [1.165, 1.54) is 0 Å². The lowest BCUT2D eigenvalue weighted by molar-refractivity contribution is 0.104. The molecule has 0 spiro atoms.